The van der Waals surface area contributed by atoms with Crippen molar-refractivity contribution in [3.8, 4) is 0 Å². The van der Waals surface area contributed by atoms with Gasteiger partial charge in [0.2, 0.25) is 0 Å². The van der Waals surface area contributed by atoms with E-state index >= 15 is 0 Å². The normalized spacial score (nSPS) is 10.2. The zero-order valence-corrected chi connectivity index (χ0v) is 11.8. The van der Waals surface area contributed by atoms with E-state index < -0.39 is 0 Å². The molecule has 3 aromatic rings. The highest BCUT2D eigenvalue weighted by Gasteiger charge is 2.19. The molecule has 2 heterocycles. The van der Waals surface area contributed by atoms with Crippen molar-refractivity contribution >= 4 is 11.6 Å². The number of rotatable bonds is 4. The van der Waals surface area contributed by atoms with Crippen LogP contribution in [0.2, 0.25) is 0 Å². The number of amides is 1. The number of nitrogens with zero attached hydrogens (tertiary/aromatic N) is 4. The second-order valence-electron chi connectivity index (χ2n) is 4.69. The molecule has 5 nitrogen and oxygen atoms in total. The minimum Gasteiger partial charge on any atom is -0.301 e. The standard InChI is InChI=1S/C17H14N4O/c22-17(16-8-4-5-10-18-16)21(15-9-11-19-20-12-15)13-14-6-2-1-3-7-14/h1-12H,13H2. The summed E-state index contributed by atoms with van der Waals surface area (Å²) >= 11 is 0. The van der Waals surface area contributed by atoms with Crippen LogP contribution in [-0.4, -0.2) is 21.1 Å². The molecule has 5 heteroatoms. The molecule has 0 bridgehead atoms. The fraction of sp³-hybridized carbons (Fsp3) is 0.0588. The molecular weight excluding hydrogens is 276 g/mol. The van der Waals surface area contributed by atoms with Crippen LogP contribution in [0.4, 0.5) is 5.69 Å². The van der Waals surface area contributed by atoms with Crippen molar-refractivity contribution in [2.75, 3.05) is 4.90 Å². The van der Waals surface area contributed by atoms with Crippen molar-refractivity contribution in [3.63, 3.8) is 0 Å². The topological polar surface area (TPSA) is 59.0 Å². The maximum absolute atomic E-state index is 12.8. The summed E-state index contributed by atoms with van der Waals surface area (Å²) in [5.74, 6) is -0.169. The van der Waals surface area contributed by atoms with Gasteiger partial charge < -0.3 is 4.90 Å². The fourth-order valence-electron chi connectivity index (χ4n) is 2.12. The van der Waals surface area contributed by atoms with E-state index in [0.29, 0.717) is 17.9 Å². The first kappa shape index (κ1) is 13.9. The van der Waals surface area contributed by atoms with Crippen LogP contribution in [0.5, 0.6) is 0 Å². The molecule has 0 aliphatic carbocycles. The van der Waals surface area contributed by atoms with Crippen LogP contribution in [0.25, 0.3) is 0 Å². The predicted octanol–water partition coefficient (Wildman–Crippen LogP) is 2.72. The average Bonchev–Trinajstić information content (AvgIpc) is 2.61. The third-order valence-corrected chi connectivity index (χ3v) is 3.19. The summed E-state index contributed by atoms with van der Waals surface area (Å²) in [5.41, 5.74) is 2.12. The van der Waals surface area contributed by atoms with Crippen LogP contribution in [-0.2, 0) is 6.54 Å². The molecule has 1 aromatic carbocycles. The highest BCUT2D eigenvalue weighted by atomic mass is 16.2. The number of hydrogen-bond acceptors (Lipinski definition) is 4. The fourth-order valence-corrected chi connectivity index (χ4v) is 2.12. The maximum atomic E-state index is 12.8. The molecule has 3 rings (SSSR count). The van der Waals surface area contributed by atoms with E-state index in [1.54, 1.807) is 47.8 Å². The molecule has 2 aromatic heterocycles. The van der Waals surface area contributed by atoms with Gasteiger partial charge in [0, 0.05) is 6.20 Å². The van der Waals surface area contributed by atoms with E-state index in [-0.39, 0.29) is 5.91 Å². The lowest BCUT2D eigenvalue weighted by molar-refractivity contribution is 0.0980. The van der Waals surface area contributed by atoms with E-state index in [1.807, 2.05) is 30.3 Å². The monoisotopic (exact) mass is 290 g/mol. The lowest BCUT2D eigenvalue weighted by Gasteiger charge is -2.22. The van der Waals surface area contributed by atoms with E-state index in [1.165, 1.54) is 0 Å². The van der Waals surface area contributed by atoms with Crippen molar-refractivity contribution in [2.24, 2.45) is 0 Å². The molecule has 0 radical (unpaired) electrons. The number of carbonyl (C=O) groups excluding carboxylic acids is 1. The highest BCUT2D eigenvalue weighted by Crippen LogP contribution is 2.18. The van der Waals surface area contributed by atoms with Crippen molar-refractivity contribution in [2.45, 2.75) is 6.54 Å². The molecule has 0 unspecified atom stereocenters. The molecule has 108 valence electrons. The van der Waals surface area contributed by atoms with Gasteiger partial charge in [-0.25, -0.2) is 0 Å². The summed E-state index contributed by atoms with van der Waals surface area (Å²) in [7, 11) is 0. The van der Waals surface area contributed by atoms with Gasteiger partial charge in [0.1, 0.15) is 5.69 Å². The van der Waals surface area contributed by atoms with Gasteiger partial charge in [-0.15, -0.1) is 0 Å². The Kier molecular flexibility index (Phi) is 4.15. The molecule has 0 N–H and O–H groups in total. The molecule has 0 saturated carbocycles. The highest BCUT2D eigenvalue weighted by molar-refractivity contribution is 6.04. The minimum atomic E-state index is -0.169. The Morgan fingerprint density at radius 3 is 2.41 bits per heavy atom. The van der Waals surface area contributed by atoms with Gasteiger partial charge >= 0.3 is 0 Å². The summed E-state index contributed by atoms with van der Waals surface area (Å²) in [5, 5.41) is 7.62. The number of aromatic nitrogens is 3. The second kappa shape index (κ2) is 6.58. The smallest absolute Gasteiger partial charge is 0.277 e. The summed E-state index contributed by atoms with van der Waals surface area (Å²) in [6.07, 6.45) is 4.75. The third kappa shape index (κ3) is 3.15. The summed E-state index contributed by atoms with van der Waals surface area (Å²) in [4.78, 5) is 18.5. The quantitative estimate of drug-likeness (QED) is 0.741. The van der Waals surface area contributed by atoms with Gasteiger partial charge in [0.25, 0.3) is 5.91 Å². The first-order valence-electron chi connectivity index (χ1n) is 6.88. The second-order valence-corrected chi connectivity index (χ2v) is 4.69. The number of benzene rings is 1. The van der Waals surface area contributed by atoms with E-state index in [0.717, 1.165) is 5.56 Å². The van der Waals surface area contributed by atoms with Gasteiger partial charge in [-0.3, -0.25) is 9.78 Å². The molecule has 0 atom stereocenters. The van der Waals surface area contributed by atoms with Gasteiger partial charge in [0.15, 0.2) is 0 Å². The van der Waals surface area contributed by atoms with Crippen LogP contribution in [0.3, 0.4) is 0 Å². The summed E-state index contributed by atoms with van der Waals surface area (Å²) in [6.45, 7) is 0.446. The van der Waals surface area contributed by atoms with Crippen molar-refractivity contribution in [3.05, 3.63) is 84.4 Å². The Bertz CT molecular complexity index is 732. The average molecular weight is 290 g/mol. The van der Waals surface area contributed by atoms with Gasteiger partial charge in [-0.1, -0.05) is 36.4 Å². The van der Waals surface area contributed by atoms with Crippen LogP contribution in [0.15, 0.2) is 73.2 Å². The number of carbonyl (C=O) groups is 1. The van der Waals surface area contributed by atoms with Crippen LogP contribution in [0, 0.1) is 0 Å². The Labute approximate surface area is 128 Å². The summed E-state index contributed by atoms with van der Waals surface area (Å²) in [6, 6.07) is 16.8. The van der Waals surface area contributed by atoms with Crippen LogP contribution in [0.1, 0.15) is 16.1 Å². The first-order valence-corrected chi connectivity index (χ1v) is 6.88. The zero-order valence-electron chi connectivity index (χ0n) is 11.8. The molecule has 0 aliphatic heterocycles. The molecule has 0 aliphatic rings. The Balaban J connectivity index is 1.95. The van der Waals surface area contributed by atoms with E-state index in [9.17, 15) is 4.79 Å². The Morgan fingerprint density at radius 2 is 1.73 bits per heavy atom. The minimum absolute atomic E-state index is 0.169. The third-order valence-electron chi connectivity index (χ3n) is 3.19. The lowest BCUT2D eigenvalue weighted by atomic mass is 10.2. The number of hydrogen-bond donors (Lipinski definition) is 0. The molecule has 0 saturated heterocycles. The van der Waals surface area contributed by atoms with Gasteiger partial charge in [-0.2, -0.15) is 10.2 Å². The number of anilines is 1. The number of pyridine rings is 1. The molecular formula is C17H14N4O. The predicted molar refractivity (Wildman–Crippen MR) is 83.2 cm³/mol. The van der Waals surface area contributed by atoms with Gasteiger partial charge in [-0.05, 0) is 23.8 Å². The van der Waals surface area contributed by atoms with E-state index in [4.69, 9.17) is 0 Å². The van der Waals surface area contributed by atoms with E-state index in [2.05, 4.69) is 15.2 Å². The van der Waals surface area contributed by atoms with Crippen molar-refractivity contribution in [1.82, 2.24) is 15.2 Å². The zero-order chi connectivity index (χ0) is 15.2. The Hall–Kier alpha value is -3.08. The lowest BCUT2D eigenvalue weighted by Crippen LogP contribution is -2.31. The largest absolute Gasteiger partial charge is 0.301 e. The van der Waals surface area contributed by atoms with Crippen LogP contribution < -0.4 is 4.90 Å². The maximum Gasteiger partial charge on any atom is 0.277 e. The SMILES string of the molecule is O=C(c1ccccn1)N(Cc1ccccc1)c1ccnnc1. The molecule has 22 heavy (non-hydrogen) atoms. The Morgan fingerprint density at radius 1 is 0.909 bits per heavy atom. The van der Waals surface area contributed by atoms with Gasteiger partial charge in [0.05, 0.1) is 24.6 Å². The van der Waals surface area contributed by atoms with Crippen molar-refractivity contribution in [1.29, 1.82) is 0 Å². The molecule has 1 amide bonds. The summed E-state index contributed by atoms with van der Waals surface area (Å²) < 4.78 is 0. The first-order chi connectivity index (χ1) is 10.8. The van der Waals surface area contributed by atoms with Crippen molar-refractivity contribution < 1.29 is 4.79 Å². The molecule has 0 spiro atoms. The van der Waals surface area contributed by atoms with Crippen LogP contribution >= 0.6 is 0 Å². The molecule has 0 fully saturated rings.